The number of rotatable bonds is 8. The summed E-state index contributed by atoms with van der Waals surface area (Å²) in [5.74, 6) is 0. The van der Waals surface area contributed by atoms with Crippen LogP contribution in [-0.4, -0.2) is 42.5 Å². The van der Waals surface area contributed by atoms with Gasteiger partial charge in [0.15, 0.2) is 0 Å². The average molecular weight is 399 g/mol. The van der Waals surface area contributed by atoms with E-state index in [1.165, 1.54) is 36.8 Å². The average Bonchev–Trinajstić information content (AvgIpc) is 2.74. The topological polar surface area (TPSA) is 6.48 Å². The summed E-state index contributed by atoms with van der Waals surface area (Å²) in [5, 5.41) is 0.827. The van der Waals surface area contributed by atoms with Crippen molar-refractivity contribution in [3.05, 3.63) is 70.7 Å². The summed E-state index contributed by atoms with van der Waals surface area (Å²) in [6, 6.07) is 20.1. The van der Waals surface area contributed by atoms with Gasteiger partial charge in [0.2, 0.25) is 0 Å². The van der Waals surface area contributed by atoms with Crippen LogP contribution in [0.15, 0.2) is 54.6 Å². The lowest BCUT2D eigenvalue weighted by atomic mass is 9.73. The highest BCUT2D eigenvalue weighted by Crippen LogP contribution is 2.43. The van der Waals surface area contributed by atoms with Crippen LogP contribution in [0.1, 0.15) is 50.7 Å². The Balaban J connectivity index is 1.67. The minimum Gasteiger partial charge on any atom is -0.303 e. The standard InChI is InChI=1S/C25H35ClN2/c1-4-28(5-2)25(22-11-13-23(26)14-12-22)18-15-24(16-19-25)27(3)20-17-21-9-7-6-8-10-21/h6-14,24H,4-5,15-20H2,1-3H3. The predicted octanol–water partition coefficient (Wildman–Crippen LogP) is 5.99. The molecule has 152 valence electrons. The highest BCUT2D eigenvalue weighted by Gasteiger charge is 2.41. The van der Waals surface area contributed by atoms with Gasteiger partial charge >= 0.3 is 0 Å². The zero-order valence-corrected chi connectivity index (χ0v) is 18.5. The van der Waals surface area contributed by atoms with Crippen molar-refractivity contribution in [2.45, 2.75) is 57.5 Å². The third-order valence-corrected chi connectivity index (χ3v) is 7.00. The summed E-state index contributed by atoms with van der Waals surface area (Å²) >= 11 is 6.17. The number of likely N-dealkylation sites (N-methyl/N-ethyl adjacent to an activating group) is 1. The first-order chi connectivity index (χ1) is 13.6. The van der Waals surface area contributed by atoms with E-state index in [1.54, 1.807) is 0 Å². The quantitative estimate of drug-likeness (QED) is 0.538. The van der Waals surface area contributed by atoms with Crippen molar-refractivity contribution in [2.24, 2.45) is 0 Å². The fraction of sp³-hybridized carbons (Fsp3) is 0.520. The number of halogens is 1. The Morgan fingerprint density at radius 2 is 1.54 bits per heavy atom. The Kier molecular flexibility index (Phi) is 7.56. The van der Waals surface area contributed by atoms with Crippen molar-refractivity contribution < 1.29 is 0 Å². The van der Waals surface area contributed by atoms with Gasteiger partial charge in [0.25, 0.3) is 0 Å². The molecule has 0 aliphatic heterocycles. The fourth-order valence-electron chi connectivity index (χ4n) is 5.03. The molecule has 0 spiro atoms. The van der Waals surface area contributed by atoms with Gasteiger partial charge < -0.3 is 4.90 Å². The highest BCUT2D eigenvalue weighted by atomic mass is 35.5. The molecular formula is C25H35ClN2. The first-order valence-electron chi connectivity index (χ1n) is 10.8. The van der Waals surface area contributed by atoms with Gasteiger partial charge in [-0.05, 0) is 75.5 Å². The maximum Gasteiger partial charge on any atom is 0.0461 e. The maximum absolute atomic E-state index is 6.17. The van der Waals surface area contributed by atoms with Gasteiger partial charge in [-0.3, -0.25) is 4.90 Å². The Hall–Kier alpha value is -1.35. The third kappa shape index (κ3) is 4.79. The largest absolute Gasteiger partial charge is 0.303 e. The van der Waals surface area contributed by atoms with Crippen molar-refractivity contribution in [3.63, 3.8) is 0 Å². The molecule has 0 saturated heterocycles. The molecule has 1 saturated carbocycles. The molecular weight excluding hydrogens is 364 g/mol. The Bertz CT molecular complexity index is 701. The van der Waals surface area contributed by atoms with Gasteiger partial charge in [0, 0.05) is 23.1 Å². The van der Waals surface area contributed by atoms with E-state index in [-0.39, 0.29) is 5.54 Å². The highest BCUT2D eigenvalue weighted by molar-refractivity contribution is 6.30. The SMILES string of the molecule is CCN(CC)C1(c2ccc(Cl)cc2)CCC(N(C)CCc2ccccc2)CC1. The second-order valence-corrected chi connectivity index (χ2v) is 8.59. The Morgan fingerprint density at radius 1 is 0.929 bits per heavy atom. The number of benzene rings is 2. The van der Waals surface area contributed by atoms with Crippen molar-refractivity contribution >= 4 is 11.6 Å². The zero-order chi connectivity index (χ0) is 20.0. The fourth-order valence-corrected chi connectivity index (χ4v) is 5.16. The predicted molar refractivity (Wildman–Crippen MR) is 121 cm³/mol. The number of nitrogens with zero attached hydrogens (tertiary/aromatic N) is 2. The lowest BCUT2D eigenvalue weighted by Crippen LogP contribution is -2.51. The summed E-state index contributed by atoms with van der Waals surface area (Å²) in [4.78, 5) is 5.25. The Morgan fingerprint density at radius 3 is 2.11 bits per heavy atom. The lowest BCUT2D eigenvalue weighted by molar-refractivity contribution is 0.0282. The molecule has 0 atom stereocenters. The molecule has 0 aromatic heterocycles. The van der Waals surface area contributed by atoms with Crippen molar-refractivity contribution in [1.82, 2.24) is 9.80 Å². The van der Waals surface area contributed by atoms with Crippen molar-refractivity contribution in [2.75, 3.05) is 26.7 Å². The van der Waals surface area contributed by atoms with Crippen LogP contribution in [0.2, 0.25) is 5.02 Å². The molecule has 0 amide bonds. The van der Waals surface area contributed by atoms with Crippen LogP contribution in [0.4, 0.5) is 0 Å². The molecule has 3 rings (SSSR count). The van der Waals surface area contributed by atoms with Crippen molar-refractivity contribution in [1.29, 1.82) is 0 Å². The van der Waals surface area contributed by atoms with Gasteiger partial charge in [0.05, 0.1) is 0 Å². The zero-order valence-electron chi connectivity index (χ0n) is 17.7. The smallest absolute Gasteiger partial charge is 0.0461 e. The van der Waals surface area contributed by atoms with E-state index >= 15 is 0 Å². The molecule has 0 unspecified atom stereocenters. The monoisotopic (exact) mass is 398 g/mol. The van der Waals surface area contributed by atoms with E-state index < -0.39 is 0 Å². The van der Waals surface area contributed by atoms with Crippen LogP contribution in [0, 0.1) is 0 Å². The molecule has 3 heteroatoms. The van der Waals surface area contributed by atoms with Crippen LogP contribution < -0.4 is 0 Å². The van der Waals surface area contributed by atoms with Gasteiger partial charge in [0.1, 0.15) is 0 Å². The third-order valence-electron chi connectivity index (χ3n) is 6.75. The first-order valence-corrected chi connectivity index (χ1v) is 11.2. The normalized spacial score (nSPS) is 22.7. The van der Waals surface area contributed by atoms with Gasteiger partial charge in [-0.2, -0.15) is 0 Å². The molecule has 28 heavy (non-hydrogen) atoms. The van der Waals surface area contributed by atoms with E-state index in [9.17, 15) is 0 Å². The van der Waals surface area contributed by atoms with Gasteiger partial charge in [-0.15, -0.1) is 0 Å². The minimum atomic E-state index is 0.158. The van der Waals surface area contributed by atoms with Crippen LogP contribution >= 0.6 is 11.6 Å². The Labute approximate surface area is 176 Å². The van der Waals surface area contributed by atoms with Crippen LogP contribution in [0.3, 0.4) is 0 Å². The molecule has 0 bridgehead atoms. The molecule has 2 aromatic rings. The minimum absolute atomic E-state index is 0.158. The molecule has 1 fully saturated rings. The van der Waals surface area contributed by atoms with E-state index in [4.69, 9.17) is 11.6 Å². The summed E-state index contributed by atoms with van der Waals surface area (Å²) in [5.41, 5.74) is 3.03. The second kappa shape index (κ2) is 9.91. The molecule has 2 nitrogen and oxygen atoms in total. The van der Waals surface area contributed by atoms with E-state index in [0.29, 0.717) is 6.04 Å². The summed E-state index contributed by atoms with van der Waals surface area (Å²) in [6.07, 6.45) is 6.08. The lowest BCUT2D eigenvalue weighted by Gasteiger charge is -2.49. The number of hydrogen-bond acceptors (Lipinski definition) is 2. The maximum atomic E-state index is 6.17. The molecule has 0 N–H and O–H groups in total. The van der Waals surface area contributed by atoms with Crippen LogP contribution in [0.25, 0.3) is 0 Å². The second-order valence-electron chi connectivity index (χ2n) is 8.16. The van der Waals surface area contributed by atoms with Crippen LogP contribution in [-0.2, 0) is 12.0 Å². The summed E-state index contributed by atoms with van der Waals surface area (Å²) < 4.78 is 0. The van der Waals surface area contributed by atoms with Crippen molar-refractivity contribution in [3.8, 4) is 0 Å². The first kappa shape index (κ1) is 21.4. The van der Waals surface area contributed by atoms with Gasteiger partial charge in [-0.1, -0.05) is 67.9 Å². The van der Waals surface area contributed by atoms with Gasteiger partial charge in [-0.25, -0.2) is 0 Å². The number of hydrogen-bond donors (Lipinski definition) is 0. The van der Waals surface area contributed by atoms with E-state index in [2.05, 4.69) is 85.3 Å². The van der Waals surface area contributed by atoms with Crippen LogP contribution in [0.5, 0.6) is 0 Å². The molecule has 0 heterocycles. The molecule has 1 aliphatic carbocycles. The molecule has 0 radical (unpaired) electrons. The van der Waals surface area contributed by atoms with E-state index in [0.717, 1.165) is 31.1 Å². The molecule has 1 aliphatic rings. The summed E-state index contributed by atoms with van der Waals surface area (Å²) in [6.45, 7) is 7.90. The summed E-state index contributed by atoms with van der Waals surface area (Å²) in [7, 11) is 2.31. The van der Waals surface area contributed by atoms with E-state index in [1.807, 2.05) is 0 Å². The molecule has 2 aromatic carbocycles.